The van der Waals surface area contributed by atoms with E-state index in [0.29, 0.717) is 10.6 Å². The van der Waals surface area contributed by atoms with E-state index < -0.39 is 0 Å². The van der Waals surface area contributed by atoms with E-state index in [0.717, 1.165) is 16.4 Å². The third kappa shape index (κ3) is 1.18. The van der Waals surface area contributed by atoms with Gasteiger partial charge in [-0.25, -0.2) is 0 Å². The van der Waals surface area contributed by atoms with Crippen LogP contribution in [-0.4, -0.2) is 5.11 Å². The number of benzene rings is 2. The lowest BCUT2D eigenvalue weighted by molar-refractivity contribution is 0.476. The third-order valence-corrected chi connectivity index (χ3v) is 2.75. The van der Waals surface area contributed by atoms with Gasteiger partial charge in [-0.05, 0) is 12.1 Å². The number of furan rings is 1. The zero-order valence-corrected chi connectivity index (χ0v) is 8.45. The summed E-state index contributed by atoms with van der Waals surface area (Å²) in [4.78, 5) is 0. The molecular weight excluding hydrogens is 212 g/mol. The SMILES string of the molecule is Oc1cc2c(cc1Cl)oc1ccccc12. The van der Waals surface area contributed by atoms with E-state index in [1.54, 1.807) is 12.1 Å². The number of hydrogen-bond acceptors (Lipinski definition) is 2. The first-order valence-corrected chi connectivity index (χ1v) is 4.93. The maximum atomic E-state index is 9.52. The summed E-state index contributed by atoms with van der Waals surface area (Å²) in [5.74, 6) is 0.0794. The second-order valence-electron chi connectivity index (χ2n) is 3.40. The third-order valence-electron chi connectivity index (χ3n) is 2.45. The van der Waals surface area contributed by atoms with Gasteiger partial charge in [-0.2, -0.15) is 0 Å². The predicted octanol–water partition coefficient (Wildman–Crippen LogP) is 3.95. The summed E-state index contributed by atoms with van der Waals surface area (Å²) in [7, 11) is 0. The number of para-hydroxylation sites is 1. The summed E-state index contributed by atoms with van der Waals surface area (Å²) in [5.41, 5.74) is 1.49. The highest BCUT2D eigenvalue weighted by molar-refractivity contribution is 6.33. The fourth-order valence-corrected chi connectivity index (χ4v) is 1.89. The molecule has 3 aromatic rings. The Morgan fingerprint density at radius 3 is 2.67 bits per heavy atom. The standard InChI is InChI=1S/C12H7ClO2/c13-9-6-12-8(5-10(9)14)7-3-1-2-4-11(7)15-12/h1-6,14H. The van der Waals surface area contributed by atoms with Crippen LogP contribution in [0.15, 0.2) is 40.8 Å². The van der Waals surface area contributed by atoms with Crippen molar-refractivity contribution in [1.82, 2.24) is 0 Å². The molecule has 0 saturated carbocycles. The minimum Gasteiger partial charge on any atom is -0.506 e. The molecule has 0 fully saturated rings. The quantitative estimate of drug-likeness (QED) is 0.620. The Balaban J connectivity index is 2.56. The molecule has 3 rings (SSSR count). The molecule has 1 aromatic heterocycles. The second-order valence-corrected chi connectivity index (χ2v) is 3.81. The van der Waals surface area contributed by atoms with E-state index in [1.807, 2.05) is 24.3 Å². The highest BCUT2D eigenvalue weighted by Gasteiger charge is 2.09. The maximum Gasteiger partial charge on any atom is 0.137 e. The van der Waals surface area contributed by atoms with Crippen LogP contribution in [0.3, 0.4) is 0 Å². The van der Waals surface area contributed by atoms with Crippen molar-refractivity contribution in [3.63, 3.8) is 0 Å². The van der Waals surface area contributed by atoms with Crippen LogP contribution in [-0.2, 0) is 0 Å². The van der Waals surface area contributed by atoms with Crippen LogP contribution in [0.1, 0.15) is 0 Å². The van der Waals surface area contributed by atoms with Gasteiger partial charge in [-0.3, -0.25) is 0 Å². The minimum absolute atomic E-state index is 0.0794. The van der Waals surface area contributed by atoms with E-state index in [2.05, 4.69) is 0 Å². The molecule has 15 heavy (non-hydrogen) atoms. The van der Waals surface area contributed by atoms with Crippen LogP contribution < -0.4 is 0 Å². The van der Waals surface area contributed by atoms with E-state index >= 15 is 0 Å². The summed E-state index contributed by atoms with van der Waals surface area (Å²) in [6, 6.07) is 10.9. The van der Waals surface area contributed by atoms with Gasteiger partial charge >= 0.3 is 0 Å². The van der Waals surface area contributed by atoms with Crippen LogP contribution in [0.25, 0.3) is 21.9 Å². The van der Waals surface area contributed by atoms with Gasteiger partial charge in [-0.1, -0.05) is 29.8 Å². The van der Waals surface area contributed by atoms with Crippen molar-refractivity contribution >= 4 is 33.5 Å². The van der Waals surface area contributed by atoms with Crippen LogP contribution in [0.2, 0.25) is 5.02 Å². The van der Waals surface area contributed by atoms with Crippen molar-refractivity contribution in [2.45, 2.75) is 0 Å². The topological polar surface area (TPSA) is 33.4 Å². The molecule has 2 nitrogen and oxygen atoms in total. The molecule has 0 aliphatic carbocycles. The molecule has 0 unspecified atom stereocenters. The smallest absolute Gasteiger partial charge is 0.137 e. The van der Waals surface area contributed by atoms with Crippen molar-refractivity contribution in [2.24, 2.45) is 0 Å². The van der Waals surface area contributed by atoms with Gasteiger partial charge in [-0.15, -0.1) is 0 Å². The maximum absolute atomic E-state index is 9.52. The molecule has 0 atom stereocenters. The van der Waals surface area contributed by atoms with Crippen LogP contribution in [0.4, 0.5) is 0 Å². The van der Waals surface area contributed by atoms with Crippen molar-refractivity contribution in [2.75, 3.05) is 0 Å². The number of hydrogen-bond donors (Lipinski definition) is 1. The normalized spacial score (nSPS) is 11.3. The van der Waals surface area contributed by atoms with Crippen molar-refractivity contribution < 1.29 is 9.52 Å². The number of halogens is 1. The Hall–Kier alpha value is -1.67. The summed E-state index contributed by atoms with van der Waals surface area (Å²) >= 11 is 5.81. The minimum atomic E-state index is 0.0794. The van der Waals surface area contributed by atoms with E-state index in [1.165, 1.54) is 0 Å². The molecule has 0 radical (unpaired) electrons. The first-order chi connectivity index (χ1) is 7.25. The van der Waals surface area contributed by atoms with Gasteiger partial charge in [0.05, 0.1) is 5.02 Å². The Bertz CT molecular complexity index is 655. The molecule has 0 spiro atoms. The summed E-state index contributed by atoms with van der Waals surface area (Å²) in [6.07, 6.45) is 0. The van der Waals surface area contributed by atoms with Gasteiger partial charge in [0.25, 0.3) is 0 Å². The predicted molar refractivity (Wildman–Crippen MR) is 60.4 cm³/mol. The molecule has 3 heteroatoms. The van der Waals surface area contributed by atoms with E-state index in [9.17, 15) is 5.11 Å². The van der Waals surface area contributed by atoms with Gasteiger partial charge in [0, 0.05) is 16.8 Å². The molecule has 0 aliphatic heterocycles. The molecular formula is C12H7ClO2. The van der Waals surface area contributed by atoms with Crippen LogP contribution >= 0.6 is 11.6 Å². The zero-order valence-electron chi connectivity index (χ0n) is 7.70. The largest absolute Gasteiger partial charge is 0.506 e. The van der Waals surface area contributed by atoms with Crippen LogP contribution in [0, 0.1) is 0 Å². The number of phenolic OH excluding ortho intramolecular Hbond substituents is 1. The van der Waals surface area contributed by atoms with Gasteiger partial charge < -0.3 is 9.52 Å². The van der Waals surface area contributed by atoms with Crippen molar-refractivity contribution in [3.05, 3.63) is 41.4 Å². The highest BCUT2D eigenvalue weighted by atomic mass is 35.5. The highest BCUT2D eigenvalue weighted by Crippen LogP contribution is 2.35. The molecule has 1 N–H and O–H groups in total. The Labute approximate surface area is 90.7 Å². The fraction of sp³-hybridized carbons (Fsp3) is 0. The Kier molecular flexibility index (Phi) is 1.67. The van der Waals surface area contributed by atoms with E-state index in [-0.39, 0.29) is 5.75 Å². The number of aromatic hydroxyl groups is 1. The monoisotopic (exact) mass is 218 g/mol. The van der Waals surface area contributed by atoms with Gasteiger partial charge in [0.15, 0.2) is 0 Å². The number of fused-ring (bicyclic) bond motifs is 3. The fourth-order valence-electron chi connectivity index (χ4n) is 1.74. The summed E-state index contributed by atoms with van der Waals surface area (Å²) < 4.78 is 5.59. The number of phenols is 1. The molecule has 0 amide bonds. The zero-order chi connectivity index (χ0) is 10.4. The van der Waals surface area contributed by atoms with Crippen LogP contribution in [0.5, 0.6) is 5.75 Å². The second kappa shape index (κ2) is 2.91. The van der Waals surface area contributed by atoms with Gasteiger partial charge in [0.2, 0.25) is 0 Å². The molecule has 74 valence electrons. The lowest BCUT2D eigenvalue weighted by atomic mass is 10.1. The Morgan fingerprint density at radius 1 is 1.00 bits per heavy atom. The Morgan fingerprint density at radius 2 is 1.80 bits per heavy atom. The summed E-state index contributed by atoms with van der Waals surface area (Å²) in [6.45, 7) is 0. The molecule has 2 aromatic carbocycles. The molecule has 0 bridgehead atoms. The molecule has 0 aliphatic rings. The molecule has 1 heterocycles. The lowest BCUT2D eigenvalue weighted by Crippen LogP contribution is -1.69. The van der Waals surface area contributed by atoms with E-state index in [4.69, 9.17) is 16.0 Å². The van der Waals surface area contributed by atoms with Gasteiger partial charge in [0.1, 0.15) is 16.9 Å². The average Bonchev–Trinajstić information content (AvgIpc) is 2.57. The van der Waals surface area contributed by atoms with Crippen molar-refractivity contribution in [1.29, 1.82) is 0 Å². The number of rotatable bonds is 0. The first kappa shape index (κ1) is 8.62. The first-order valence-electron chi connectivity index (χ1n) is 4.55. The van der Waals surface area contributed by atoms with Crippen molar-refractivity contribution in [3.8, 4) is 5.75 Å². The lowest BCUT2D eigenvalue weighted by Gasteiger charge is -1.94. The molecule has 0 saturated heterocycles. The summed E-state index contributed by atoms with van der Waals surface area (Å²) in [5, 5.41) is 11.7. The average molecular weight is 219 g/mol.